The average molecular weight is 223 g/mol. The molecule has 0 aromatic carbocycles. The first-order valence-electron chi connectivity index (χ1n) is 5.87. The summed E-state index contributed by atoms with van der Waals surface area (Å²) in [6.45, 7) is 0.432. The summed E-state index contributed by atoms with van der Waals surface area (Å²) in [5.41, 5.74) is 1.11. The lowest BCUT2D eigenvalue weighted by Crippen LogP contribution is -2.14. The molecule has 1 aliphatic carbocycles. The van der Waals surface area contributed by atoms with Gasteiger partial charge in [-0.15, -0.1) is 5.10 Å². The van der Waals surface area contributed by atoms with Gasteiger partial charge in [-0.25, -0.2) is 4.68 Å². The Bertz CT molecular complexity index is 356. The van der Waals surface area contributed by atoms with Gasteiger partial charge in [0.15, 0.2) is 0 Å². The van der Waals surface area contributed by atoms with Gasteiger partial charge >= 0.3 is 5.97 Å². The van der Waals surface area contributed by atoms with Crippen molar-refractivity contribution in [3.05, 3.63) is 11.9 Å². The molecule has 1 saturated carbocycles. The molecule has 16 heavy (non-hydrogen) atoms. The molecule has 0 bridgehead atoms. The van der Waals surface area contributed by atoms with E-state index in [-0.39, 0.29) is 6.42 Å². The van der Waals surface area contributed by atoms with Crippen LogP contribution in [0.4, 0.5) is 0 Å². The number of carbonyl (C=O) groups is 1. The molecule has 5 heteroatoms. The molecule has 1 aromatic heterocycles. The highest BCUT2D eigenvalue weighted by molar-refractivity contribution is 5.66. The van der Waals surface area contributed by atoms with Crippen molar-refractivity contribution in [2.45, 2.75) is 51.0 Å². The second-order valence-electron chi connectivity index (χ2n) is 4.36. The zero-order valence-electron chi connectivity index (χ0n) is 9.30. The highest BCUT2D eigenvalue weighted by Crippen LogP contribution is 2.31. The Kier molecular flexibility index (Phi) is 3.54. The molecular weight excluding hydrogens is 206 g/mol. The zero-order chi connectivity index (χ0) is 11.4. The van der Waals surface area contributed by atoms with Crippen LogP contribution in [0.15, 0.2) is 6.20 Å². The third-order valence-electron chi connectivity index (χ3n) is 3.21. The summed E-state index contributed by atoms with van der Waals surface area (Å²) in [6, 6.07) is 0. The highest BCUT2D eigenvalue weighted by atomic mass is 16.4. The molecule has 0 amide bonds. The van der Waals surface area contributed by atoms with Crippen LogP contribution in [0.3, 0.4) is 0 Å². The van der Waals surface area contributed by atoms with Crippen LogP contribution >= 0.6 is 0 Å². The Morgan fingerprint density at radius 2 is 2.19 bits per heavy atom. The van der Waals surface area contributed by atoms with Crippen LogP contribution in [0, 0.1) is 0 Å². The SMILES string of the molecule is O=C(O)CCn1nncc1C1CCCCC1. The van der Waals surface area contributed by atoms with Gasteiger partial charge in [-0.1, -0.05) is 24.5 Å². The minimum Gasteiger partial charge on any atom is -0.481 e. The van der Waals surface area contributed by atoms with Crippen LogP contribution in [0.2, 0.25) is 0 Å². The molecule has 5 nitrogen and oxygen atoms in total. The van der Waals surface area contributed by atoms with E-state index in [9.17, 15) is 4.79 Å². The van der Waals surface area contributed by atoms with Gasteiger partial charge in [0.25, 0.3) is 0 Å². The summed E-state index contributed by atoms with van der Waals surface area (Å²) in [7, 11) is 0. The first-order valence-corrected chi connectivity index (χ1v) is 5.87. The molecule has 0 atom stereocenters. The van der Waals surface area contributed by atoms with Gasteiger partial charge in [-0.05, 0) is 12.8 Å². The van der Waals surface area contributed by atoms with Gasteiger partial charge in [0.2, 0.25) is 0 Å². The number of aromatic nitrogens is 3. The summed E-state index contributed by atoms with van der Waals surface area (Å²) in [5, 5.41) is 16.5. The van der Waals surface area contributed by atoms with E-state index in [4.69, 9.17) is 5.11 Å². The Morgan fingerprint density at radius 1 is 1.44 bits per heavy atom. The molecule has 1 aromatic rings. The van der Waals surface area contributed by atoms with Crippen molar-refractivity contribution in [1.29, 1.82) is 0 Å². The van der Waals surface area contributed by atoms with E-state index in [1.54, 1.807) is 10.9 Å². The van der Waals surface area contributed by atoms with Gasteiger partial charge in [-0.2, -0.15) is 0 Å². The number of aliphatic carboxylic acids is 1. The number of carboxylic acid groups (broad SMARTS) is 1. The van der Waals surface area contributed by atoms with Crippen molar-refractivity contribution in [2.75, 3.05) is 0 Å². The van der Waals surface area contributed by atoms with E-state index in [0.717, 1.165) is 5.69 Å². The molecule has 0 spiro atoms. The van der Waals surface area contributed by atoms with Gasteiger partial charge in [0.05, 0.1) is 24.9 Å². The number of rotatable bonds is 4. The summed E-state index contributed by atoms with van der Waals surface area (Å²) in [4.78, 5) is 10.5. The van der Waals surface area contributed by atoms with Crippen LogP contribution in [0.5, 0.6) is 0 Å². The fourth-order valence-electron chi connectivity index (χ4n) is 2.36. The first kappa shape index (κ1) is 11.1. The number of carboxylic acids is 1. The Labute approximate surface area is 94.5 Å². The Balaban J connectivity index is 2.02. The maximum atomic E-state index is 10.5. The van der Waals surface area contributed by atoms with Crippen LogP contribution in [-0.4, -0.2) is 26.1 Å². The summed E-state index contributed by atoms with van der Waals surface area (Å²) in [6.07, 6.45) is 8.10. The summed E-state index contributed by atoms with van der Waals surface area (Å²) >= 11 is 0. The van der Waals surface area contributed by atoms with Crippen molar-refractivity contribution in [3.8, 4) is 0 Å². The van der Waals surface area contributed by atoms with Crippen molar-refractivity contribution < 1.29 is 9.90 Å². The van der Waals surface area contributed by atoms with E-state index >= 15 is 0 Å². The van der Waals surface area contributed by atoms with Crippen molar-refractivity contribution >= 4 is 5.97 Å². The first-order chi connectivity index (χ1) is 7.77. The maximum absolute atomic E-state index is 10.5. The molecule has 0 aliphatic heterocycles. The lowest BCUT2D eigenvalue weighted by Gasteiger charge is -2.21. The van der Waals surface area contributed by atoms with Crippen LogP contribution in [0.25, 0.3) is 0 Å². The monoisotopic (exact) mass is 223 g/mol. The predicted octanol–water partition coefficient (Wildman–Crippen LogP) is 1.80. The molecule has 1 aliphatic rings. The fraction of sp³-hybridized carbons (Fsp3) is 0.727. The minimum absolute atomic E-state index is 0.114. The van der Waals surface area contributed by atoms with E-state index in [1.165, 1.54) is 32.1 Å². The van der Waals surface area contributed by atoms with Gasteiger partial charge in [0.1, 0.15) is 0 Å². The second kappa shape index (κ2) is 5.09. The standard InChI is InChI=1S/C11H17N3O2/c15-11(16)6-7-14-10(8-12-13-14)9-4-2-1-3-5-9/h8-9H,1-7H2,(H,15,16). The normalized spacial score (nSPS) is 17.5. The lowest BCUT2D eigenvalue weighted by molar-refractivity contribution is -0.137. The molecule has 0 radical (unpaired) electrons. The number of nitrogens with zero attached hydrogens (tertiary/aromatic N) is 3. The van der Waals surface area contributed by atoms with E-state index in [0.29, 0.717) is 12.5 Å². The van der Waals surface area contributed by atoms with Crippen molar-refractivity contribution in [1.82, 2.24) is 15.0 Å². The molecule has 0 unspecified atom stereocenters. The summed E-state index contributed by atoms with van der Waals surface area (Å²) in [5.74, 6) is -0.261. The predicted molar refractivity (Wildman–Crippen MR) is 58.1 cm³/mol. The van der Waals surface area contributed by atoms with Crippen LogP contribution in [-0.2, 0) is 11.3 Å². The maximum Gasteiger partial charge on any atom is 0.305 e. The Hall–Kier alpha value is -1.39. The lowest BCUT2D eigenvalue weighted by atomic mass is 9.87. The van der Waals surface area contributed by atoms with E-state index in [1.807, 2.05) is 0 Å². The van der Waals surface area contributed by atoms with E-state index in [2.05, 4.69) is 10.3 Å². The molecule has 88 valence electrons. The topological polar surface area (TPSA) is 68.0 Å². The summed E-state index contributed by atoms with van der Waals surface area (Å²) < 4.78 is 1.75. The quantitative estimate of drug-likeness (QED) is 0.845. The fourth-order valence-corrected chi connectivity index (χ4v) is 2.36. The zero-order valence-corrected chi connectivity index (χ0v) is 9.30. The largest absolute Gasteiger partial charge is 0.481 e. The second-order valence-corrected chi connectivity index (χ2v) is 4.36. The average Bonchev–Trinajstić information content (AvgIpc) is 2.75. The molecule has 1 heterocycles. The van der Waals surface area contributed by atoms with E-state index < -0.39 is 5.97 Å². The third-order valence-corrected chi connectivity index (χ3v) is 3.21. The Morgan fingerprint density at radius 3 is 2.88 bits per heavy atom. The molecule has 2 rings (SSSR count). The third kappa shape index (κ3) is 2.59. The minimum atomic E-state index is -0.787. The molecule has 0 saturated heterocycles. The van der Waals surface area contributed by atoms with Crippen LogP contribution < -0.4 is 0 Å². The van der Waals surface area contributed by atoms with Gasteiger partial charge in [-0.3, -0.25) is 4.79 Å². The van der Waals surface area contributed by atoms with Gasteiger partial charge < -0.3 is 5.11 Å². The van der Waals surface area contributed by atoms with Gasteiger partial charge in [0, 0.05) is 5.92 Å². The smallest absolute Gasteiger partial charge is 0.305 e. The van der Waals surface area contributed by atoms with Crippen molar-refractivity contribution in [3.63, 3.8) is 0 Å². The molecular formula is C11H17N3O2. The molecule has 1 N–H and O–H groups in total. The number of aryl methyl sites for hydroxylation is 1. The van der Waals surface area contributed by atoms with Crippen molar-refractivity contribution in [2.24, 2.45) is 0 Å². The highest BCUT2D eigenvalue weighted by Gasteiger charge is 2.19. The van der Waals surface area contributed by atoms with Crippen LogP contribution in [0.1, 0.15) is 50.1 Å². The molecule has 1 fully saturated rings. The number of hydrogen-bond acceptors (Lipinski definition) is 3. The number of hydrogen-bond donors (Lipinski definition) is 1.